The second-order valence-corrected chi connectivity index (χ2v) is 5.83. The van der Waals surface area contributed by atoms with E-state index in [0.717, 1.165) is 5.69 Å². The summed E-state index contributed by atoms with van der Waals surface area (Å²) in [4.78, 5) is 0. The van der Waals surface area contributed by atoms with Crippen molar-refractivity contribution in [3.63, 3.8) is 0 Å². The van der Waals surface area contributed by atoms with Gasteiger partial charge in [0, 0.05) is 12.7 Å². The van der Waals surface area contributed by atoms with Crippen molar-refractivity contribution in [1.29, 1.82) is 0 Å². The first-order valence-corrected chi connectivity index (χ1v) is 6.99. The van der Waals surface area contributed by atoms with E-state index in [9.17, 15) is 0 Å². The third kappa shape index (κ3) is 3.56. The van der Waals surface area contributed by atoms with E-state index in [0.29, 0.717) is 19.2 Å². The van der Waals surface area contributed by atoms with Crippen molar-refractivity contribution in [3.8, 4) is 0 Å². The monoisotopic (exact) mass is 251 g/mol. The second-order valence-electron chi connectivity index (χ2n) is 5.83. The zero-order valence-electron chi connectivity index (χ0n) is 11.6. The molecule has 0 amide bonds. The highest BCUT2D eigenvalue weighted by Gasteiger charge is 2.18. The molecule has 1 aromatic rings. The fourth-order valence-corrected chi connectivity index (χ4v) is 2.33. The van der Waals surface area contributed by atoms with Crippen LogP contribution in [-0.2, 0) is 11.3 Å². The van der Waals surface area contributed by atoms with E-state index in [1.165, 1.54) is 32.1 Å². The first-order valence-electron chi connectivity index (χ1n) is 6.99. The van der Waals surface area contributed by atoms with Crippen molar-refractivity contribution in [1.82, 2.24) is 9.78 Å². The Morgan fingerprint density at radius 1 is 1.39 bits per heavy atom. The van der Waals surface area contributed by atoms with Gasteiger partial charge in [-0.15, -0.1) is 0 Å². The fraction of sp³-hybridized carbons (Fsp3) is 0.786. The molecule has 1 aliphatic rings. The van der Waals surface area contributed by atoms with E-state index < -0.39 is 0 Å². The van der Waals surface area contributed by atoms with Crippen LogP contribution in [0.25, 0.3) is 0 Å². The molecule has 2 N–H and O–H groups in total. The van der Waals surface area contributed by atoms with Gasteiger partial charge in [-0.25, -0.2) is 0 Å². The van der Waals surface area contributed by atoms with Crippen molar-refractivity contribution in [2.75, 3.05) is 6.54 Å². The van der Waals surface area contributed by atoms with Crippen LogP contribution in [0, 0.1) is 0 Å². The molecule has 0 atom stereocenters. The number of rotatable bonds is 5. The van der Waals surface area contributed by atoms with Crippen LogP contribution in [0.2, 0.25) is 0 Å². The standard InChI is InChI=1S/C14H25N3O/c1-14(2,11-15)18-10-12-8-9-17(16-12)13-6-4-3-5-7-13/h8-9,13H,3-7,10-11,15H2,1-2H3. The Labute approximate surface area is 110 Å². The zero-order valence-corrected chi connectivity index (χ0v) is 11.6. The Morgan fingerprint density at radius 2 is 2.11 bits per heavy atom. The molecule has 0 aliphatic heterocycles. The predicted octanol–water partition coefficient (Wildman–Crippen LogP) is 2.64. The lowest BCUT2D eigenvalue weighted by Crippen LogP contribution is -2.33. The van der Waals surface area contributed by atoms with Crippen LogP contribution in [0.1, 0.15) is 57.7 Å². The molecule has 1 aliphatic carbocycles. The number of ether oxygens (including phenoxy) is 1. The summed E-state index contributed by atoms with van der Waals surface area (Å²) < 4.78 is 7.88. The zero-order chi connectivity index (χ0) is 13.0. The maximum Gasteiger partial charge on any atom is 0.0914 e. The molecule has 2 rings (SSSR count). The molecule has 0 unspecified atom stereocenters. The summed E-state index contributed by atoms with van der Waals surface area (Å²) >= 11 is 0. The maximum absolute atomic E-state index is 5.76. The largest absolute Gasteiger partial charge is 0.368 e. The molecule has 0 aromatic carbocycles. The summed E-state index contributed by atoms with van der Waals surface area (Å²) in [6.07, 6.45) is 8.64. The number of nitrogens with zero attached hydrogens (tertiary/aromatic N) is 2. The molecule has 0 bridgehead atoms. The molecule has 0 radical (unpaired) electrons. The van der Waals surface area contributed by atoms with E-state index in [-0.39, 0.29) is 5.60 Å². The van der Waals surface area contributed by atoms with Crippen molar-refractivity contribution in [2.24, 2.45) is 5.73 Å². The van der Waals surface area contributed by atoms with Gasteiger partial charge in [0.05, 0.1) is 23.9 Å². The van der Waals surface area contributed by atoms with Crippen molar-refractivity contribution in [3.05, 3.63) is 18.0 Å². The summed E-state index contributed by atoms with van der Waals surface area (Å²) in [5, 5.41) is 4.62. The van der Waals surface area contributed by atoms with Crippen molar-refractivity contribution in [2.45, 2.75) is 64.2 Å². The average Bonchev–Trinajstić information content (AvgIpc) is 2.86. The summed E-state index contributed by atoms with van der Waals surface area (Å²) in [5.41, 5.74) is 6.37. The molecular formula is C14H25N3O. The number of hydrogen-bond donors (Lipinski definition) is 1. The molecule has 18 heavy (non-hydrogen) atoms. The van der Waals surface area contributed by atoms with Gasteiger partial charge in [-0.3, -0.25) is 4.68 Å². The minimum absolute atomic E-state index is 0.269. The lowest BCUT2D eigenvalue weighted by atomic mass is 9.96. The quantitative estimate of drug-likeness (QED) is 0.875. The van der Waals surface area contributed by atoms with Gasteiger partial charge in [0.2, 0.25) is 0 Å². The molecule has 0 spiro atoms. The highest BCUT2D eigenvalue weighted by atomic mass is 16.5. The smallest absolute Gasteiger partial charge is 0.0914 e. The summed E-state index contributed by atoms with van der Waals surface area (Å²) in [6, 6.07) is 2.65. The Kier molecular flexibility index (Phi) is 4.40. The van der Waals surface area contributed by atoms with Crippen molar-refractivity contribution < 1.29 is 4.74 Å². The molecule has 1 heterocycles. The van der Waals surface area contributed by atoms with Crippen LogP contribution in [-0.4, -0.2) is 21.9 Å². The molecular weight excluding hydrogens is 226 g/mol. The first kappa shape index (κ1) is 13.6. The second kappa shape index (κ2) is 5.85. The van der Waals surface area contributed by atoms with Gasteiger partial charge in [0.25, 0.3) is 0 Å². The topological polar surface area (TPSA) is 53.1 Å². The summed E-state index contributed by atoms with van der Waals surface area (Å²) in [5.74, 6) is 0. The number of nitrogens with two attached hydrogens (primary N) is 1. The van der Waals surface area contributed by atoms with Crippen LogP contribution in [0.5, 0.6) is 0 Å². The normalized spacial score (nSPS) is 18.2. The van der Waals surface area contributed by atoms with E-state index in [1.54, 1.807) is 0 Å². The molecule has 1 saturated carbocycles. The lowest BCUT2D eigenvalue weighted by Gasteiger charge is -2.23. The van der Waals surface area contributed by atoms with Gasteiger partial charge in [-0.1, -0.05) is 19.3 Å². The SMILES string of the molecule is CC(C)(CN)OCc1ccn(C2CCCCC2)n1. The van der Waals surface area contributed by atoms with Gasteiger partial charge >= 0.3 is 0 Å². The minimum Gasteiger partial charge on any atom is -0.368 e. The molecule has 0 saturated heterocycles. The Hall–Kier alpha value is -0.870. The maximum atomic E-state index is 5.76. The van der Waals surface area contributed by atoms with Crippen LogP contribution in [0.15, 0.2) is 12.3 Å². The predicted molar refractivity (Wildman–Crippen MR) is 72.3 cm³/mol. The highest BCUT2D eigenvalue weighted by molar-refractivity contribution is 4.99. The highest BCUT2D eigenvalue weighted by Crippen LogP contribution is 2.27. The number of hydrogen-bond acceptors (Lipinski definition) is 3. The van der Waals surface area contributed by atoms with Crippen LogP contribution < -0.4 is 5.73 Å². The third-order valence-electron chi connectivity index (χ3n) is 3.71. The van der Waals surface area contributed by atoms with Crippen LogP contribution in [0.4, 0.5) is 0 Å². The minimum atomic E-state index is -0.269. The summed E-state index contributed by atoms with van der Waals surface area (Å²) in [6.45, 7) is 5.08. The van der Waals surface area contributed by atoms with Gasteiger partial charge in [0.15, 0.2) is 0 Å². The van der Waals surface area contributed by atoms with E-state index in [2.05, 4.69) is 22.0 Å². The Morgan fingerprint density at radius 3 is 2.78 bits per heavy atom. The van der Waals surface area contributed by atoms with E-state index in [4.69, 9.17) is 10.5 Å². The average molecular weight is 251 g/mol. The molecule has 102 valence electrons. The van der Waals surface area contributed by atoms with E-state index >= 15 is 0 Å². The van der Waals surface area contributed by atoms with Crippen molar-refractivity contribution >= 4 is 0 Å². The van der Waals surface area contributed by atoms with Gasteiger partial charge in [-0.2, -0.15) is 5.10 Å². The van der Waals surface area contributed by atoms with Gasteiger partial charge in [0.1, 0.15) is 0 Å². The first-order chi connectivity index (χ1) is 8.61. The van der Waals surface area contributed by atoms with Crippen LogP contribution >= 0.6 is 0 Å². The number of aromatic nitrogens is 2. The molecule has 1 fully saturated rings. The van der Waals surface area contributed by atoms with Gasteiger partial charge < -0.3 is 10.5 Å². The molecule has 4 heteroatoms. The molecule has 1 aromatic heterocycles. The van der Waals surface area contributed by atoms with Crippen LogP contribution in [0.3, 0.4) is 0 Å². The van der Waals surface area contributed by atoms with Gasteiger partial charge in [-0.05, 0) is 32.8 Å². The Balaban J connectivity index is 1.89. The summed E-state index contributed by atoms with van der Waals surface area (Å²) in [7, 11) is 0. The Bertz CT molecular complexity index is 367. The fourth-order valence-electron chi connectivity index (χ4n) is 2.33. The lowest BCUT2D eigenvalue weighted by molar-refractivity contribution is -0.0239. The molecule has 4 nitrogen and oxygen atoms in total. The third-order valence-corrected chi connectivity index (χ3v) is 3.71. The van der Waals surface area contributed by atoms with E-state index in [1.807, 2.05) is 13.8 Å².